The van der Waals surface area contributed by atoms with E-state index in [9.17, 15) is 0 Å². The van der Waals surface area contributed by atoms with E-state index in [2.05, 4.69) is 97.1 Å². The minimum Gasteiger partial charge on any atom is -0.0622 e. The average molecular weight is 334 g/mol. The van der Waals surface area contributed by atoms with E-state index in [0.717, 1.165) is 0 Å². The highest BCUT2D eigenvalue weighted by Gasteiger charge is 1.88. The summed E-state index contributed by atoms with van der Waals surface area (Å²) in [7, 11) is 0. The SMILES string of the molecule is C(C=Cc1ccc(C=CC=Cc2ccccc2)cc1)=Cc1ccccc1. The Hall–Kier alpha value is -3.38. The van der Waals surface area contributed by atoms with Crippen LogP contribution in [-0.2, 0) is 0 Å². The number of hydrogen-bond donors (Lipinski definition) is 0. The van der Waals surface area contributed by atoms with Gasteiger partial charge in [0.2, 0.25) is 0 Å². The Morgan fingerprint density at radius 3 is 0.885 bits per heavy atom. The summed E-state index contributed by atoms with van der Waals surface area (Å²) in [6, 6.07) is 29.2. The van der Waals surface area contributed by atoms with E-state index in [1.54, 1.807) is 0 Å². The van der Waals surface area contributed by atoms with E-state index in [-0.39, 0.29) is 0 Å². The van der Waals surface area contributed by atoms with Crippen molar-refractivity contribution in [2.24, 2.45) is 0 Å². The van der Waals surface area contributed by atoms with Crippen LogP contribution in [0.3, 0.4) is 0 Å². The van der Waals surface area contributed by atoms with Gasteiger partial charge in [0.05, 0.1) is 0 Å². The van der Waals surface area contributed by atoms with Crippen molar-refractivity contribution in [1.82, 2.24) is 0 Å². The topological polar surface area (TPSA) is 0 Å². The van der Waals surface area contributed by atoms with Gasteiger partial charge in [-0.2, -0.15) is 0 Å². The molecule has 0 fully saturated rings. The summed E-state index contributed by atoms with van der Waals surface area (Å²) in [6.45, 7) is 0. The molecular formula is C26H22. The molecule has 0 aliphatic heterocycles. The lowest BCUT2D eigenvalue weighted by Crippen LogP contribution is -1.74. The Bertz CT molecular complexity index is 815. The summed E-state index contributed by atoms with van der Waals surface area (Å²) in [5.74, 6) is 0. The first kappa shape index (κ1) is 17.4. The first-order valence-corrected chi connectivity index (χ1v) is 8.80. The lowest BCUT2D eigenvalue weighted by Gasteiger charge is -1.95. The predicted molar refractivity (Wildman–Crippen MR) is 115 cm³/mol. The third-order valence-corrected chi connectivity index (χ3v) is 3.91. The van der Waals surface area contributed by atoms with Gasteiger partial charge in [0, 0.05) is 0 Å². The van der Waals surface area contributed by atoms with E-state index in [0.29, 0.717) is 0 Å². The first-order valence-electron chi connectivity index (χ1n) is 8.80. The van der Waals surface area contributed by atoms with E-state index in [4.69, 9.17) is 0 Å². The molecule has 0 saturated carbocycles. The van der Waals surface area contributed by atoms with Crippen molar-refractivity contribution in [3.8, 4) is 0 Å². The van der Waals surface area contributed by atoms with Crippen LogP contribution in [-0.4, -0.2) is 0 Å². The fourth-order valence-electron chi connectivity index (χ4n) is 2.51. The number of rotatable bonds is 6. The van der Waals surface area contributed by atoms with Crippen molar-refractivity contribution >= 4 is 24.3 Å². The van der Waals surface area contributed by atoms with Crippen LogP contribution in [0.15, 0.2) is 109 Å². The van der Waals surface area contributed by atoms with Gasteiger partial charge in [-0.15, -0.1) is 0 Å². The van der Waals surface area contributed by atoms with Gasteiger partial charge in [0.25, 0.3) is 0 Å². The molecule has 0 heterocycles. The van der Waals surface area contributed by atoms with Crippen LogP contribution < -0.4 is 0 Å². The van der Waals surface area contributed by atoms with E-state index in [1.165, 1.54) is 22.3 Å². The third kappa shape index (κ3) is 5.92. The molecule has 0 nitrogen and oxygen atoms in total. The van der Waals surface area contributed by atoms with Crippen molar-refractivity contribution in [2.45, 2.75) is 0 Å². The zero-order chi connectivity index (χ0) is 17.9. The maximum absolute atomic E-state index is 2.13. The van der Waals surface area contributed by atoms with E-state index < -0.39 is 0 Å². The largest absolute Gasteiger partial charge is 0.0622 e. The quantitative estimate of drug-likeness (QED) is 0.420. The predicted octanol–water partition coefficient (Wildman–Crippen LogP) is 7.14. The second-order valence-corrected chi connectivity index (χ2v) is 5.92. The zero-order valence-electron chi connectivity index (χ0n) is 14.7. The summed E-state index contributed by atoms with van der Waals surface area (Å²) in [4.78, 5) is 0. The van der Waals surface area contributed by atoms with Crippen LogP contribution in [0.4, 0.5) is 0 Å². The molecule has 0 amide bonds. The number of allylic oxidation sites excluding steroid dienone is 4. The van der Waals surface area contributed by atoms with Gasteiger partial charge in [-0.25, -0.2) is 0 Å². The van der Waals surface area contributed by atoms with Crippen molar-refractivity contribution in [2.75, 3.05) is 0 Å². The molecule has 0 heteroatoms. The highest BCUT2D eigenvalue weighted by Crippen LogP contribution is 2.09. The molecule has 0 atom stereocenters. The van der Waals surface area contributed by atoms with E-state index in [1.807, 2.05) is 36.4 Å². The van der Waals surface area contributed by atoms with Crippen LogP contribution in [0.25, 0.3) is 24.3 Å². The van der Waals surface area contributed by atoms with Crippen molar-refractivity contribution in [1.29, 1.82) is 0 Å². The Kier molecular flexibility index (Phi) is 6.58. The molecule has 0 aromatic heterocycles. The van der Waals surface area contributed by atoms with Crippen molar-refractivity contribution in [3.05, 3.63) is 131 Å². The smallest absolute Gasteiger partial charge is 0.0256 e. The van der Waals surface area contributed by atoms with Gasteiger partial charge in [-0.1, -0.05) is 134 Å². The Morgan fingerprint density at radius 1 is 0.308 bits per heavy atom. The van der Waals surface area contributed by atoms with Gasteiger partial charge in [0.15, 0.2) is 0 Å². The lowest BCUT2D eigenvalue weighted by atomic mass is 10.1. The summed E-state index contributed by atoms with van der Waals surface area (Å²) >= 11 is 0. The van der Waals surface area contributed by atoms with Gasteiger partial charge < -0.3 is 0 Å². The Morgan fingerprint density at radius 2 is 0.577 bits per heavy atom. The second kappa shape index (κ2) is 9.80. The van der Waals surface area contributed by atoms with Gasteiger partial charge in [0.1, 0.15) is 0 Å². The molecule has 0 N–H and O–H groups in total. The second-order valence-electron chi connectivity index (χ2n) is 5.92. The van der Waals surface area contributed by atoms with Crippen LogP contribution in [0.2, 0.25) is 0 Å². The first-order chi connectivity index (χ1) is 12.9. The van der Waals surface area contributed by atoms with Crippen molar-refractivity contribution in [3.63, 3.8) is 0 Å². The van der Waals surface area contributed by atoms with Crippen molar-refractivity contribution < 1.29 is 0 Å². The minimum absolute atomic E-state index is 1.19. The Labute approximate surface area is 156 Å². The van der Waals surface area contributed by atoms with Gasteiger partial charge in [-0.3, -0.25) is 0 Å². The molecule has 0 unspecified atom stereocenters. The molecule has 0 radical (unpaired) electrons. The molecule has 26 heavy (non-hydrogen) atoms. The zero-order valence-corrected chi connectivity index (χ0v) is 14.7. The lowest BCUT2D eigenvalue weighted by molar-refractivity contribution is 1.62. The Balaban J connectivity index is 1.53. The highest BCUT2D eigenvalue weighted by molar-refractivity contribution is 5.61. The fourth-order valence-corrected chi connectivity index (χ4v) is 2.51. The molecular weight excluding hydrogens is 312 g/mol. The molecule has 3 aromatic rings. The maximum Gasteiger partial charge on any atom is -0.0256 e. The number of hydrogen-bond acceptors (Lipinski definition) is 0. The standard InChI is InChI=1S/C26H22/c1-3-11-23(12-4-1)15-7-9-17-25-19-21-26(22-20-25)18-10-8-16-24-13-5-2-6-14-24/h1-22H. The number of benzene rings is 3. The molecule has 3 rings (SSSR count). The van der Waals surface area contributed by atoms with E-state index >= 15 is 0 Å². The summed E-state index contributed by atoms with van der Waals surface area (Å²) < 4.78 is 0. The molecule has 3 aromatic carbocycles. The normalized spacial score (nSPS) is 12.0. The third-order valence-electron chi connectivity index (χ3n) is 3.91. The maximum atomic E-state index is 2.13. The fraction of sp³-hybridized carbons (Fsp3) is 0. The van der Waals surface area contributed by atoms with Gasteiger partial charge >= 0.3 is 0 Å². The molecule has 0 aliphatic rings. The van der Waals surface area contributed by atoms with Crippen LogP contribution in [0.5, 0.6) is 0 Å². The highest BCUT2D eigenvalue weighted by atomic mass is 13.9. The summed E-state index contributed by atoms with van der Waals surface area (Å²) in [5.41, 5.74) is 4.81. The molecule has 0 spiro atoms. The molecule has 0 bridgehead atoms. The monoisotopic (exact) mass is 334 g/mol. The summed E-state index contributed by atoms with van der Waals surface area (Å²) in [6.07, 6.45) is 16.7. The van der Waals surface area contributed by atoms with Crippen LogP contribution in [0, 0.1) is 0 Å². The average Bonchev–Trinajstić information content (AvgIpc) is 2.71. The van der Waals surface area contributed by atoms with Gasteiger partial charge in [-0.05, 0) is 22.3 Å². The summed E-state index contributed by atoms with van der Waals surface area (Å²) in [5, 5.41) is 0. The minimum atomic E-state index is 1.19. The molecule has 0 aliphatic carbocycles. The van der Waals surface area contributed by atoms with Crippen LogP contribution >= 0.6 is 0 Å². The molecule has 126 valence electrons. The van der Waals surface area contributed by atoms with Crippen LogP contribution in [0.1, 0.15) is 22.3 Å². The molecule has 0 saturated heterocycles.